The van der Waals surface area contributed by atoms with Gasteiger partial charge in [0.25, 0.3) is 0 Å². The molecule has 14 heavy (non-hydrogen) atoms. The standard InChI is InChI=1S/C12H18.C2H6/c1-9-8-12(2,3)11-7-5-4-6-10(9)11;1-2/h4-7,9-11H,8H2,1-3H3;1-2H3. The molecule has 80 valence electrons. The number of hydrogen-bond donors (Lipinski definition) is 0. The van der Waals surface area contributed by atoms with Gasteiger partial charge in [-0.15, -0.1) is 0 Å². The van der Waals surface area contributed by atoms with Crippen LogP contribution in [0.4, 0.5) is 0 Å². The van der Waals surface area contributed by atoms with Crippen molar-refractivity contribution in [1.82, 2.24) is 0 Å². The molecular weight excluding hydrogens is 168 g/mol. The Morgan fingerprint density at radius 2 is 1.64 bits per heavy atom. The first kappa shape index (κ1) is 11.6. The van der Waals surface area contributed by atoms with Crippen LogP contribution < -0.4 is 0 Å². The van der Waals surface area contributed by atoms with E-state index in [1.807, 2.05) is 13.8 Å². The number of rotatable bonds is 0. The van der Waals surface area contributed by atoms with Crippen molar-refractivity contribution in [2.75, 3.05) is 0 Å². The summed E-state index contributed by atoms with van der Waals surface area (Å²) in [4.78, 5) is 0. The largest absolute Gasteiger partial charge is 0.0806 e. The maximum Gasteiger partial charge on any atom is -0.0113 e. The molecule has 0 amide bonds. The van der Waals surface area contributed by atoms with Gasteiger partial charge < -0.3 is 0 Å². The summed E-state index contributed by atoms with van der Waals surface area (Å²) in [5.74, 6) is 2.47. The molecule has 0 spiro atoms. The molecule has 0 N–H and O–H groups in total. The smallest absolute Gasteiger partial charge is 0.0113 e. The fourth-order valence-electron chi connectivity index (χ4n) is 3.05. The fraction of sp³-hybridized carbons (Fsp3) is 0.714. The van der Waals surface area contributed by atoms with Gasteiger partial charge in [0.1, 0.15) is 0 Å². The van der Waals surface area contributed by atoms with Crippen LogP contribution in [-0.2, 0) is 0 Å². The molecule has 0 saturated heterocycles. The third kappa shape index (κ3) is 1.94. The highest BCUT2D eigenvalue weighted by atomic mass is 14.5. The monoisotopic (exact) mass is 192 g/mol. The Bertz CT molecular complexity index is 232. The van der Waals surface area contributed by atoms with E-state index >= 15 is 0 Å². The summed E-state index contributed by atoms with van der Waals surface area (Å²) in [6.07, 6.45) is 10.6. The number of hydrogen-bond acceptors (Lipinski definition) is 0. The summed E-state index contributed by atoms with van der Waals surface area (Å²) in [5, 5.41) is 0. The first-order chi connectivity index (χ1) is 6.61. The molecule has 2 aliphatic carbocycles. The van der Waals surface area contributed by atoms with Crippen LogP contribution in [0.25, 0.3) is 0 Å². The lowest BCUT2D eigenvalue weighted by Crippen LogP contribution is -2.20. The normalized spacial score (nSPS) is 37.4. The second-order valence-electron chi connectivity index (χ2n) is 5.04. The molecule has 0 aromatic heterocycles. The predicted molar refractivity (Wildman–Crippen MR) is 64.2 cm³/mol. The van der Waals surface area contributed by atoms with E-state index < -0.39 is 0 Å². The summed E-state index contributed by atoms with van der Waals surface area (Å²) < 4.78 is 0. The van der Waals surface area contributed by atoms with Crippen LogP contribution in [0.3, 0.4) is 0 Å². The maximum atomic E-state index is 2.40. The van der Waals surface area contributed by atoms with E-state index in [4.69, 9.17) is 0 Å². The lowest BCUT2D eigenvalue weighted by molar-refractivity contribution is 0.288. The highest BCUT2D eigenvalue weighted by Gasteiger charge is 2.43. The van der Waals surface area contributed by atoms with Gasteiger partial charge in [0.05, 0.1) is 0 Å². The maximum absolute atomic E-state index is 2.40. The van der Waals surface area contributed by atoms with E-state index in [9.17, 15) is 0 Å². The fourth-order valence-corrected chi connectivity index (χ4v) is 3.05. The minimum Gasteiger partial charge on any atom is -0.0806 e. The molecular formula is C14H24. The Labute approximate surface area is 89.1 Å². The van der Waals surface area contributed by atoms with Crippen LogP contribution >= 0.6 is 0 Å². The minimum atomic E-state index is 0.519. The molecule has 2 aliphatic rings. The van der Waals surface area contributed by atoms with Gasteiger partial charge in [-0.05, 0) is 29.6 Å². The molecule has 0 heterocycles. The zero-order valence-electron chi connectivity index (χ0n) is 10.2. The van der Waals surface area contributed by atoms with Crippen LogP contribution in [0.1, 0.15) is 41.0 Å². The van der Waals surface area contributed by atoms with Crippen molar-refractivity contribution in [2.24, 2.45) is 23.2 Å². The lowest BCUT2D eigenvalue weighted by Gasteiger charge is -2.28. The van der Waals surface area contributed by atoms with Crippen molar-refractivity contribution in [3.05, 3.63) is 24.3 Å². The van der Waals surface area contributed by atoms with Gasteiger partial charge in [0.2, 0.25) is 0 Å². The average molecular weight is 192 g/mol. The van der Waals surface area contributed by atoms with Crippen molar-refractivity contribution in [3.8, 4) is 0 Å². The Balaban J connectivity index is 0.000000461. The summed E-state index contributed by atoms with van der Waals surface area (Å²) in [7, 11) is 0. The van der Waals surface area contributed by atoms with Crippen molar-refractivity contribution < 1.29 is 0 Å². The topological polar surface area (TPSA) is 0 Å². The Morgan fingerprint density at radius 3 is 2.21 bits per heavy atom. The number of fused-ring (bicyclic) bond motifs is 1. The second-order valence-corrected chi connectivity index (χ2v) is 5.04. The Kier molecular flexibility index (Phi) is 3.58. The van der Waals surface area contributed by atoms with Crippen LogP contribution in [0, 0.1) is 23.2 Å². The van der Waals surface area contributed by atoms with Crippen LogP contribution in [-0.4, -0.2) is 0 Å². The van der Waals surface area contributed by atoms with E-state index in [0.29, 0.717) is 5.41 Å². The molecule has 0 nitrogen and oxygen atoms in total. The average Bonchev–Trinajstić information content (AvgIpc) is 2.42. The molecule has 0 aromatic carbocycles. The van der Waals surface area contributed by atoms with Crippen molar-refractivity contribution >= 4 is 0 Å². The van der Waals surface area contributed by atoms with E-state index in [1.165, 1.54) is 6.42 Å². The van der Waals surface area contributed by atoms with E-state index in [1.54, 1.807) is 0 Å². The molecule has 0 aliphatic heterocycles. The Morgan fingerprint density at radius 1 is 1.07 bits per heavy atom. The summed E-state index contributed by atoms with van der Waals surface area (Å²) in [6, 6.07) is 0. The molecule has 0 radical (unpaired) electrons. The van der Waals surface area contributed by atoms with E-state index in [2.05, 4.69) is 45.1 Å². The van der Waals surface area contributed by atoms with Gasteiger partial charge in [0, 0.05) is 0 Å². The van der Waals surface area contributed by atoms with Gasteiger partial charge >= 0.3 is 0 Å². The van der Waals surface area contributed by atoms with Gasteiger partial charge in [-0.25, -0.2) is 0 Å². The van der Waals surface area contributed by atoms with Gasteiger partial charge in [0.15, 0.2) is 0 Å². The molecule has 0 aromatic rings. The molecule has 3 atom stereocenters. The first-order valence-electron chi connectivity index (χ1n) is 5.96. The third-order valence-electron chi connectivity index (χ3n) is 3.59. The summed E-state index contributed by atoms with van der Waals surface area (Å²) >= 11 is 0. The van der Waals surface area contributed by atoms with Crippen LogP contribution in [0.15, 0.2) is 24.3 Å². The van der Waals surface area contributed by atoms with Crippen LogP contribution in [0.2, 0.25) is 0 Å². The van der Waals surface area contributed by atoms with Gasteiger partial charge in [-0.1, -0.05) is 58.9 Å². The third-order valence-corrected chi connectivity index (χ3v) is 3.59. The Hall–Kier alpha value is -0.520. The van der Waals surface area contributed by atoms with Gasteiger partial charge in [-0.2, -0.15) is 0 Å². The van der Waals surface area contributed by atoms with Crippen molar-refractivity contribution in [1.29, 1.82) is 0 Å². The zero-order chi connectivity index (χ0) is 10.8. The van der Waals surface area contributed by atoms with E-state index in [-0.39, 0.29) is 0 Å². The highest BCUT2D eigenvalue weighted by Crippen LogP contribution is 2.51. The van der Waals surface area contributed by atoms with Crippen LogP contribution in [0.5, 0.6) is 0 Å². The first-order valence-corrected chi connectivity index (χ1v) is 5.96. The van der Waals surface area contributed by atoms with Crippen molar-refractivity contribution in [2.45, 2.75) is 41.0 Å². The molecule has 1 fully saturated rings. The molecule has 0 bridgehead atoms. The predicted octanol–water partition coefficient (Wildman–Crippen LogP) is 4.44. The summed E-state index contributed by atoms with van der Waals surface area (Å²) in [6.45, 7) is 11.2. The second kappa shape index (κ2) is 4.33. The van der Waals surface area contributed by atoms with E-state index in [0.717, 1.165) is 17.8 Å². The molecule has 2 rings (SSSR count). The summed E-state index contributed by atoms with van der Waals surface area (Å²) in [5.41, 5.74) is 0.519. The highest BCUT2D eigenvalue weighted by molar-refractivity contribution is 5.20. The van der Waals surface area contributed by atoms with Gasteiger partial charge in [-0.3, -0.25) is 0 Å². The SMILES string of the molecule is CC.CC1CC(C)(C)C2C=CC=CC12. The zero-order valence-corrected chi connectivity index (χ0v) is 10.2. The molecule has 3 unspecified atom stereocenters. The van der Waals surface area contributed by atoms with Crippen molar-refractivity contribution in [3.63, 3.8) is 0 Å². The lowest BCUT2D eigenvalue weighted by atomic mass is 9.77. The molecule has 0 heteroatoms. The molecule has 1 saturated carbocycles. The number of allylic oxidation sites excluding steroid dienone is 4. The quantitative estimate of drug-likeness (QED) is 0.532. The minimum absolute atomic E-state index is 0.519.